The highest BCUT2D eigenvalue weighted by molar-refractivity contribution is 7.12. The molecule has 0 spiro atoms. The number of hydrazone groups is 1. The topological polar surface area (TPSA) is 163 Å². The Labute approximate surface area is 183 Å². The Morgan fingerprint density at radius 1 is 1.16 bits per heavy atom. The van der Waals surface area contributed by atoms with Crippen LogP contribution in [-0.4, -0.2) is 46.2 Å². The van der Waals surface area contributed by atoms with Gasteiger partial charge in [0.25, 0.3) is 17.3 Å². The number of thiophene rings is 1. The van der Waals surface area contributed by atoms with Crippen LogP contribution in [0.3, 0.4) is 0 Å². The summed E-state index contributed by atoms with van der Waals surface area (Å²) in [5.41, 5.74) is 1.14. The van der Waals surface area contributed by atoms with Gasteiger partial charge in [-0.2, -0.15) is 5.10 Å². The molecule has 13 heteroatoms. The number of ketones is 1. The second kappa shape index (κ2) is 7.55. The maximum absolute atomic E-state index is 12.9. The number of nitrogens with one attached hydrogen (secondary N) is 1. The van der Waals surface area contributed by atoms with Gasteiger partial charge in [0.15, 0.2) is 12.1 Å². The van der Waals surface area contributed by atoms with Crippen LogP contribution in [0.15, 0.2) is 40.8 Å². The van der Waals surface area contributed by atoms with Crippen LogP contribution in [0, 0.1) is 38.0 Å². The number of nitro groups is 2. The lowest BCUT2D eigenvalue weighted by atomic mass is 10.1. The minimum absolute atomic E-state index is 0.0144. The summed E-state index contributed by atoms with van der Waals surface area (Å²) < 4.78 is 11.3. The molecule has 1 aromatic heterocycles. The summed E-state index contributed by atoms with van der Waals surface area (Å²) in [4.78, 5) is 46.5. The van der Waals surface area contributed by atoms with Gasteiger partial charge in [-0.05, 0) is 11.4 Å². The molecule has 0 unspecified atom stereocenters. The summed E-state index contributed by atoms with van der Waals surface area (Å²) in [5.74, 6) is -1.59. The van der Waals surface area contributed by atoms with E-state index in [-0.39, 0.29) is 35.2 Å². The lowest BCUT2D eigenvalue weighted by Crippen LogP contribution is -2.33. The first-order valence-corrected chi connectivity index (χ1v) is 10.4. The van der Waals surface area contributed by atoms with Crippen molar-refractivity contribution >= 4 is 40.1 Å². The van der Waals surface area contributed by atoms with Crippen LogP contribution in [0.25, 0.3) is 0 Å². The Kier molecular flexibility index (Phi) is 4.80. The fourth-order valence-corrected chi connectivity index (χ4v) is 4.99. The predicted molar refractivity (Wildman–Crippen MR) is 108 cm³/mol. The van der Waals surface area contributed by atoms with Gasteiger partial charge >= 0.3 is 0 Å². The first-order chi connectivity index (χ1) is 15.3. The van der Waals surface area contributed by atoms with E-state index in [4.69, 9.17) is 9.47 Å². The zero-order chi connectivity index (χ0) is 22.6. The van der Waals surface area contributed by atoms with Gasteiger partial charge in [0.1, 0.15) is 0 Å². The van der Waals surface area contributed by atoms with Gasteiger partial charge in [0.05, 0.1) is 44.8 Å². The standard InChI is InChI=1S/C19H14N4O8S/c24-17(12-2-1-3-32-12)15-13-11-7-30-19(31-11)16(14(13)15)20-21-18(25)8-4-9(22(26)27)6-10(5-8)23(28)29/h1-6,11,13-15,19H,7H2,(H,21,25)/b20-16+/t11-,13+,14-,15-,19+/m1/s1. The molecule has 32 heavy (non-hydrogen) atoms. The minimum Gasteiger partial charge on any atom is -0.344 e. The number of carbonyl (C=O) groups is 2. The molecule has 5 rings (SSSR count). The van der Waals surface area contributed by atoms with Gasteiger partial charge in [-0.3, -0.25) is 29.8 Å². The summed E-state index contributed by atoms with van der Waals surface area (Å²) in [6, 6.07) is 6.15. The Morgan fingerprint density at radius 3 is 2.50 bits per heavy atom. The van der Waals surface area contributed by atoms with E-state index in [1.54, 1.807) is 12.1 Å². The summed E-state index contributed by atoms with van der Waals surface area (Å²) in [7, 11) is 0. The lowest BCUT2D eigenvalue weighted by molar-refractivity contribution is -0.394. The molecule has 1 saturated carbocycles. The second-order valence-corrected chi connectivity index (χ2v) is 8.49. The number of nitrogens with zero attached hydrogens (tertiary/aromatic N) is 3. The molecular weight excluding hydrogens is 444 g/mol. The first kappa shape index (κ1) is 20.4. The number of benzene rings is 1. The van der Waals surface area contributed by atoms with Crippen LogP contribution in [0.2, 0.25) is 0 Å². The SMILES string of the molecule is O=C(N/N=C1/[C@H]2OC[C@@H](O2)[C@@H]2[C@@H](C(=O)c3cccs3)[C@H]12)c1cc([N+](=O)[O-])cc([N+](=O)[O-])c1. The first-order valence-electron chi connectivity index (χ1n) is 9.51. The lowest BCUT2D eigenvalue weighted by Gasteiger charge is -2.18. The molecule has 2 bridgehead atoms. The molecule has 0 radical (unpaired) electrons. The molecule has 1 aromatic carbocycles. The van der Waals surface area contributed by atoms with Crippen molar-refractivity contribution in [2.75, 3.05) is 6.61 Å². The van der Waals surface area contributed by atoms with Gasteiger partial charge in [0, 0.05) is 29.9 Å². The molecule has 2 saturated heterocycles. The maximum atomic E-state index is 12.9. The normalized spacial score (nSPS) is 28.8. The zero-order valence-corrected chi connectivity index (χ0v) is 16.9. The summed E-state index contributed by atoms with van der Waals surface area (Å²) >= 11 is 1.35. The number of fused-ring (bicyclic) bond motifs is 4. The quantitative estimate of drug-likeness (QED) is 0.391. The molecule has 2 aromatic rings. The summed E-state index contributed by atoms with van der Waals surface area (Å²) in [6.07, 6.45) is -1.03. The van der Waals surface area contributed by atoms with E-state index in [0.717, 1.165) is 18.2 Å². The van der Waals surface area contributed by atoms with Crippen molar-refractivity contribution in [3.05, 3.63) is 66.4 Å². The molecule has 2 aliphatic heterocycles. The average molecular weight is 458 g/mol. The van der Waals surface area contributed by atoms with Crippen molar-refractivity contribution in [2.24, 2.45) is 22.9 Å². The molecule has 12 nitrogen and oxygen atoms in total. The molecule has 3 fully saturated rings. The number of hydrogen-bond acceptors (Lipinski definition) is 10. The van der Waals surface area contributed by atoms with Crippen LogP contribution < -0.4 is 5.43 Å². The van der Waals surface area contributed by atoms with E-state index in [0.29, 0.717) is 17.2 Å². The van der Waals surface area contributed by atoms with E-state index >= 15 is 0 Å². The van der Waals surface area contributed by atoms with E-state index in [9.17, 15) is 29.8 Å². The number of carbonyl (C=O) groups excluding carboxylic acids is 2. The maximum Gasteiger partial charge on any atom is 0.277 e. The monoisotopic (exact) mass is 458 g/mol. The molecule has 1 N–H and O–H groups in total. The third kappa shape index (κ3) is 3.36. The number of amides is 1. The third-order valence-corrected chi connectivity index (χ3v) is 6.62. The molecular formula is C19H14N4O8S. The van der Waals surface area contributed by atoms with E-state index in [1.807, 2.05) is 5.38 Å². The van der Waals surface area contributed by atoms with Crippen molar-refractivity contribution in [1.82, 2.24) is 5.43 Å². The number of rotatable bonds is 6. The predicted octanol–water partition coefficient (Wildman–Crippen LogP) is 2.15. The van der Waals surface area contributed by atoms with Gasteiger partial charge in [0.2, 0.25) is 0 Å². The summed E-state index contributed by atoms with van der Waals surface area (Å²) in [5, 5.41) is 28.0. The highest BCUT2D eigenvalue weighted by atomic mass is 32.1. The van der Waals surface area contributed by atoms with Gasteiger partial charge in [-0.15, -0.1) is 11.3 Å². The van der Waals surface area contributed by atoms with Gasteiger partial charge in [-0.25, -0.2) is 5.43 Å². The fourth-order valence-electron chi connectivity index (χ4n) is 4.28. The Bertz CT molecular complexity index is 1150. The van der Waals surface area contributed by atoms with E-state index in [1.165, 1.54) is 11.3 Å². The van der Waals surface area contributed by atoms with Gasteiger partial charge < -0.3 is 9.47 Å². The Morgan fingerprint density at radius 2 is 1.88 bits per heavy atom. The largest absolute Gasteiger partial charge is 0.344 e. The molecule has 164 valence electrons. The number of non-ortho nitro benzene ring substituents is 2. The highest BCUT2D eigenvalue weighted by Crippen LogP contribution is 2.57. The Hall–Kier alpha value is -3.55. The number of Topliss-reactive ketones (excluding diaryl/α,β-unsaturated/α-hetero) is 1. The molecule has 3 heterocycles. The van der Waals surface area contributed by atoms with Crippen LogP contribution in [0.1, 0.15) is 20.0 Å². The van der Waals surface area contributed by atoms with Crippen molar-refractivity contribution < 1.29 is 28.9 Å². The number of hydrogen-bond donors (Lipinski definition) is 1. The highest BCUT2D eigenvalue weighted by Gasteiger charge is 2.67. The van der Waals surface area contributed by atoms with Crippen molar-refractivity contribution in [1.29, 1.82) is 0 Å². The minimum atomic E-state index is -0.872. The van der Waals surface area contributed by atoms with Crippen LogP contribution in [0.4, 0.5) is 11.4 Å². The molecule has 1 amide bonds. The van der Waals surface area contributed by atoms with Crippen molar-refractivity contribution in [3.63, 3.8) is 0 Å². The second-order valence-electron chi connectivity index (χ2n) is 7.54. The fraction of sp³-hybridized carbons (Fsp3) is 0.316. The number of ether oxygens (including phenoxy) is 2. The van der Waals surface area contributed by atoms with Crippen molar-refractivity contribution in [2.45, 2.75) is 12.4 Å². The smallest absolute Gasteiger partial charge is 0.277 e. The average Bonchev–Trinajstić information content (AvgIpc) is 3.12. The van der Waals surface area contributed by atoms with E-state index < -0.39 is 33.4 Å². The van der Waals surface area contributed by atoms with Crippen molar-refractivity contribution in [3.8, 4) is 0 Å². The summed E-state index contributed by atoms with van der Waals surface area (Å²) in [6.45, 7) is 0.310. The Balaban J connectivity index is 1.39. The zero-order valence-electron chi connectivity index (χ0n) is 16.1. The van der Waals surface area contributed by atoms with Gasteiger partial charge in [-0.1, -0.05) is 6.07 Å². The van der Waals surface area contributed by atoms with Crippen LogP contribution in [-0.2, 0) is 9.47 Å². The third-order valence-electron chi connectivity index (χ3n) is 5.74. The number of nitro benzene ring substituents is 2. The molecule has 5 atom stereocenters. The van der Waals surface area contributed by atoms with Crippen LogP contribution >= 0.6 is 11.3 Å². The molecule has 3 aliphatic rings. The van der Waals surface area contributed by atoms with E-state index in [2.05, 4.69) is 10.5 Å². The van der Waals surface area contributed by atoms with Crippen LogP contribution in [0.5, 0.6) is 0 Å². The molecule has 1 aliphatic carbocycles.